The Bertz CT molecular complexity index is 503. The van der Waals surface area contributed by atoms with Gasteiger partial charge in [-0.1, -0.05) is 19.9 Å². The third-order valence-corrected chi connectivity index (χ3v) is 2.78. The molecule has 1 N–H and O–H groups in total. The van der Waals surface area contributed by atoms with Crippen LogP contribution in [0.1, 0.15) is 19.5 Å². The summed E-state index contributed by atoms with van der Waals surface area (Å²) in [5.74, 6) is -4.36. The smallest absolute Gasteiger partial charge is 0.471 e. The van der Waals surface area contributed by atoms with Crippen molar-refractivity contribution < 1.29 is 27.9 Å². The van der Waals surface area contributed by atoms with Gasteiger partial charge >= 0.3 is 18.1 Å². The molecular formula is C13H15F3N2O3. The van der Waals surface area contributed by atoms with Crippen molar-refractivity contribution in [1.29, 1.82) is 0 Å². The van der Waals surface area contributed by atoms with Gasteiger partial charge in [0.15, 0.2) is 0 Å². The molecule has 1 aromatic heterocycles. The van der Waals surface area contributed by atoms with Crippen molar-refractivity contribution in [2.24, 2.45) is 5.92 Å². The number of pyridine rings is 1. The van der Waals surface area contributed by atoms with Crippen LogP contribution in [0, 0.1) is 5.92 Å². The Hall–Kier alpha value is -2.12. The molecule has 1 aromatic rings. The summed E-state index contributed by atoms with van der Waals surface area (Å²) in [6.45, 7) is 2.36. The van der Waals surface area contributed by atoms with Gasteiger partial charge in [0.1, 0.15) is 6.04 Å². The molecule has 0 saturated heterocycles. The number of hydrogen-bond acceptors (Lipinski definition) is 3. The van der Waals surface area contributed by atoms with Gasteiger partial charge in [-0.15, -0.1) is 0 Å². The van der Waals surface area contributed by atoms with Gasteiger partial charge in [-0.3, -0.25) is 9.78 Å². The van der Waals surface area contributed by atoms with E-state index in [0.29, 0.717) is 4.90 Å². The van der Waals surface area contributed by atoms with E-state index < -0.39 is 36.6 Å². The minimum absolute atomic E-state index is 0.182. The van der Waals surface area contributed by atoms with Crippen molar-refractivity contribution in [3.8, 4) is 0 Å². The highest BCUT2D eigenvalue weighted by atomic mass is 19.4. The summed E-state index contributed by atoms with van der Waals surface area (Å²) in [4.78, 5) is 26.9. The van der Waals surface area contributed by atoms with Gasteiger partial charge in [-0.2, -0.15) is 13.2 Å². The topological polar surface area (TPSA) is 70.5 Å². The molecule has 116 valence electrons. The van der Waals surface area contributed by atoms with E-state index in [0.717, 1.165) is 0 Å². The molecule has 1 atom stereocenters. The number of carbonyl (C=O) groups excluding carboxylic acids is 1. The summed E-state index contributed by atoms with van der Waals surface area (Å²) in [5, 5.41) is 9.13. The monoisotopic (exact) mass is 304 g/mol. The Morgan fingerprint density at radius 1 is 1.33 bits per heavy atom. The summed E-state index contributed by atoms with van der Waals surface area (Å²) in [6, 6.07) is 2.96. The van der Waals surface area contributed by atoms with Gasteiger partial charge in [0.25, 0.3) is 0 Å². The number of halogens is 3. The second-order valence-corrected chi connectivity index (χ2v) is 4.78. The molecule has 0 aliphatic heterocycles. The average Bonchev–Trinajstić information content (AvgIpc) is 2.36. The lowest BCUT2D eigenvalue weighted by molar-refractivity contribution is -0.191. The summed E-state index contributed by atoms with van der Waals surface area (Å²) < 4.78 is 38.1. The van der Waals surface area contributed by atoms with E-state index in [2.05, 4.69) is 4.98 Å². The van der Waals surface area contributed by atoms with Crippen molar-refractivity contribution in [2.45, 2.75) is 32.6 Å². The van der Waals surface area contributed by atoms with Crippen LogP contribution in [0.15, 0.2) is 24.4 Å². The molecule has 1 unspecified atom stereocenters. The average molecular weight is 304 g/mol. The second-order valence-electron chi connectivity index (χ2n) is 4.78. The van der Waals surface area contributed by atoms with Crippen LogP contribution >= 0.6 is 0 Å². The quantitative estimate of drug-likeness (QED) is 0.904. The first kappa shape index (κ1) is 16.9. The first-order valence-electron chi connectivity index (χ1n) is 6.15. The first-order valence-corrected chi connectivity index (χ1v) is 6.15. The molecule has 0 fully saturated rings. The zero-order valence-electron chi connectivity index (χ0n) is 11.5. The Morgan fingerprint density at radius 3 is 2.33 bits per heavy atom. The standard InChI is InChI=1S/C13H15F3N2O3/c1-8(2)10(11(19)20)18(12(21)13(14,15)16)7-9-5-3-4-6-17-9/h3-6,8,10H,7H2,1-2H3,(H,19,20). The van der Waals surface area contributed by atoms with E-state index in [1.165, 1.54) is 26.1 Å². The number of amides is 1. The fraction of sp³-hybridized carbons (Fsp3) is 0.462. The molecule has 0 bridgehead atoms. The van der Waals surface area contributed by atoms with Gasteiger partial charge < -0.3 is 10.0 Å². The SMILES string of the molecule is CC(C)C(C(=O)O)N(Cc1ccccn1)C(=O)C(F)(F)F. The minimum Gasteiger partial charge on any atom is -0.480 e. The van der Waals surface area contributed by atoms with E-state index in [4.69, 9.17) is 5.11 Å². The fourth-order valence-electron chi connectivity index (χ4n) is 1.90. The van der Waals surface area contributed by atoms with Crippen LogP contribution < -0.4 is 0 Å². The van der Waals surface area contributed by atoms with Crippen LogP contribution in [0.5, 0.6) is 0 Å². The van der Waals surface area contributed by atoms with Crippen LogP contribution in [0.4, 0.5) is 13.2 Å². The Kier molecular flexibility index (Phi) is 5.28. The largest absolute Gasteiger partial charge is 0.480 e. The van der Waals surface area contributed by atoms with Gasteiger partial charge in [-0.25, -0.2) is 4.79 Å². The Balaban J connectivity index is 3.16. The number of carboxylic acids is 1. The lowest BCUT2D eigenvalue weighted by Gasteiger charge is -2.31. The van der Waals surface area contributed by atoms with Crippen LogP contribution in [0.25, 0.3) is 0 Å². The number of alkyl halides is 3. The number of carboxylic acid groups (broad SMARTS) is 1. The highest BCUT2D eigenvalue weighted by Gasteiger charge is 2.47. The second kappa shape index (κ2) is 6.55. The summed E-state index contributed by atoms with van der Waals surface area (Å²) in [7, 11) is 0. The molecule has 21 heavy (non-hydrogen) atoms. The molecule has 0 aromatic carbocycles. The maximum Gasteiger partial charge on any atom is 0.471 e. The number of nitrogens with zero attached hydrogens (tertiary/aromatic N) is 2. The van der Waals surface area contributed by atoms with Crippen LogP contribution in [0.3, 0.4) is 0 Å². The number of carbonyl (C=O) groups is 2. The first-order chi connectivity index (χ1) is 9.64. The van der Waals surface area contributed by atoms with Crippen molar-refractivity contribution in [1.82, 2.24) is 9.88 Å². The fourth-order valence-corrected chi connectivity index (χ4v) is 1.90. The highest BCUT2D eigenvalue weighted by molar-refractivity contribution is 5.87. The van der Waals surface area contributed by atoms with E-state index in [9.17, 15) is 22.8 Å². The number of hydrogen-bond donors (Lipinski definition) is 1. The van der Waals surface area contributed by atoms with Gasteiger partial charge in [-0.05, 0) is 18.1 Å². The minimum atomic E-state index is -5.14. The van der Waals surface area contributed by atoms with E-state index in [1.807, 2.05) is 0 Å². The lowest BCUT2D eigenvalue weighted by Crippen LogP contribution is -2.52. The number of aliphatic carboxylic acids is 1. The number of rotatable bonds is 5. The third-order valence-electron chi connectivity index (χ3n) is 2.78. The number of aromatic nitrogens is 1. The lowest BCUT2D eigenvalue weighted by atomic mass is 10.0. The molecule has 0 spiro atoms. The molecule has 0 radical (unpaired) electrons. The highest BCUT2D eigenvalue weighted by Crippen LogP contribution is 2.24. The van der Waals surface area contributed by atoms with Crippen LogP contribution in [0.2, 0.25) is 0 Å². The molecule has 8 heteroatoms. The predicted octanol–water partition coefficient (Wildman–Crippen LogP) is 2.08. The van der Waals surface area contributed by atoms with Crippen molar-refractivity contribution in [3.63, 3.8) is 0 Å². The normalized spacial score (nSPS) is 13.0. The predicted molar refractivity (Wildman–Crippen MR) is 67.1 cm³/mol. The molecule has 1 rings (SSSR count). The maximum absolute atomic E-state index is 12.7. The Morgan fingerprint density at radius 2 is 1.95 bits per heavy atom. The van der Waals surface area contributed by atoms with Gasteiger partial charge in [0.05, 0.1) is 12.2 Å². The zero-order chi connectivity index (χ0) is 16.2. The van der Waals surface area contributed by atoms with Gasteiger partial charge in [0.2, 0.25) is 0 Å². The van der Waals surface area contributed by atoms with Crippen molar-refractivity contribution >= 4 is 11.9 Å². The van der Waals surface area contributed by atoms with Crippen LogP contribution in [-0.2, 0) is 16.1 Å². The zero-order valence-corrected chi connectivity index (χ0v) is 11.5. The summed E-state index contributed by atoms with van der Waals surface area (Å²) in [6.07, 6.45) is -3.78. The maximum atomic E-state index is 12.7. The van der Waals surface area contributed by atoms with E-state index in [1.54, 1.807) is 12.1 Å². The van der Waals surface area contributed by atoms with Crippen molar-refractivity contribution in [2.75, 3.05) is 0 Å². The third kappa shape index (κ3) is 4.44. The van der Waals surface area contributed by atoms with Gasteiger partial charge in [0, 0.05) is 6.20 Å². The molecule has 1 amide bonds. The molecule has 5 nitrogen and oxygen atoms in total. The molecule has 0 aliphatic carbocycles. The van der Waals surface area contributed by atoms with Crippen LogP contribution in [-0.4, -0.2) is 39.1 Å². The molecule has 0 saturated carbocycles. The Labute approximate surface area is 119 Å². The molecule has 0 aliphatic rings. The molecule has 1 heterocycles. The molecular weight excluding hydrogens is 289 g/mol. The van der Waals surface area contributed by atoms with Crippen molar-refractivity contribution in [3.05, 3.63) is 30.1 Å². The van der Waals surface area contributed by atoms with E-state index >= 15 is 0 Å². The summed E-state index contributed by atoms with van der Waals surface area (Å²) >= 11 is 0. The van der Waals surface area contributed by atoms with E-state index in [-0.39, 0.29) is 5.69 Å². The summed E-state index contributed by atoms with van der Waals surface area (Å²) in [5.41, 5.74) is 0.182.